The number of aromatic nitrogens is 2. The predicted octanol–water partition coefficient (Wildman–Crippen LogP) is 7.04. The molecule has 1 aromatic heterocycles. The lowest BCUT2D eigenvalue weighted by Gasteiger charge is -2.36. The molecular weight excluding hydrogens is 590 g/mol. The number of methoxy groups -OCH3 is 1. The SMILES string of the molecule is COc1ccccc1C(c1nc2ccccc2[nH]1)N1Cc2ccc(-c3ccc(N4CCN(C(=O)OC(C)(C)C)CC4)cc3)cc2C1=O. The third kappa shape index (κ3) is 6.01. The van der Waals surface area contributed by atoms with Crippen LogP contribution in [0.2, 0.25) is 0 Å². The number of hydrogen-bond acceptors (Lipinski definition) is 6. The molecule has 9 nitrogen and oxygen atoms in total. The zero-order chi connectivity index (χ0) is 32.7. The lowest BCUT2D eigenvalue weighted by atomic mass is 10.00. The van der Waals surface area contributed by atoms with E-state index in [0.717, 1.165) is 52.1 Å². The number of para-hydroxylation sites is 3. The Morgan fingerprint density at radius 1 is 0.872 bits per heavy atom. The summed E-state index contributed by atoms with van der Waals surface area (Å²) in [5, 5.41) is 0. The number of fused-ring (bicyclic) bond motifs is 2. The van der Waals surface area contributed by atoms with E-state index in [2.05, 4.69) is 46.3 Å². The first kappa shape index (κ1) is 30.3. The standard InChI is InChI=1S/C38H39N5O4/c1-38(2,3)47-37(45)42-21-19-41(20-22-42)28-17-15-25(16-18-28)26-13-14-27-24-43(36(44)30(27)23-26)34(29-9-5-8-12-33(29)46-4)35-39-31-10-6-7-11-32(31)40-35/h5-18,23,34H,19-22,24H2,1-4H3,(H,39,40). The van der Waals surface area contributed by atoms with Crippen LogP contribution in [0.5, 0.6) is 5.75 Å². The minimum atomic E-state index is -0.504. The van der Waals surface area contributed by atoms with E-state index in [-0.39, 0.29) is 12.0 Å². The number of hydrogen-bond donors (Lipinski definition) is 1. The number of benzene rings is 4. The molecule has 2 aliphatic heterocycles. The summed E-state index contributed by atoms with van der Waals surface area (Å²) in [5.74, 6) is 1.35. The molecule has 1 saturated heterocycles. The summed E-state index contributed by atoms with van der Waals surface area (Å²) in [7, 11) is 1.65. The maximum absolute atomic E-state index is 14.2. The van der Waals surface area contributed by atoms with Gasteiger partial charge in [0.15, 0.2) is 0 Å². The molecule has 0 radical (unpaired) electrons. The van der Waals surface area contributed by atoms with Crippen molar-refractivity contribution in [3.63, 3.8) is 0 Å². The number of anilines is 1. The van der Waals surface area contributed by atoms with E-state index < -0.39 is 11.6 Å². The van der Waals surface area contributed by atoms with Gasteiger partial charge < -0.3 is 29.2 Å². The number of carbonyl (C=O) groups is 2. The van der Waals surface area contributed by atoms with E-state index in [4.69, 9.17) is 14.5 Å². The number of nitrogens with one attached hydrogen (secondary N) is 1. The van der Waals surface area contributed by atoms with E-state index in [0.29, 0.717) is 36.8 Å². The van der Waals surface area contributed by atoms with Crippen LogP contribution in [0.25, 0.3) is 22.2 Å². The van der Waals surface area contributed by atoms with Crippen molar-refractivity contribution in [1.29, 1.82) is 0 Å². The molecule has 4 aromatic carbocycles. The maximum Gasteiger partial charge on any atom is 0.410 e. The average Bonchev–Trinajstić information content (AvgIpc) is 3.65. The molecular formula is C38H39N5O4. The number of H-pyrrole nitrogens is 1. The topological polar surface area (TPSA) is 91.0 Å². The first-order chi connectivity index (χ1) is 22.7. The average molecular weight is 630 g/mol. The highest BCUT2D eigenvalue weighted by atomic mass is 16.6. The fourth-order valence-corrected chi connectivity index (χ4v) is 6.51. The molecule has 3 heterocycles. The monoisotopic (exact) mass is 629 g/mol. The van der Waals surface area contributed by atoms with Crippen LogP contribution in [0.15, 0.2) is 91.0 Å². The van der Waals surface area contributed by atoms with Crippen molar-refractivity contribution in [3.8, 4) is 16.9 Å². The van der Waals surface area contributed by atoms with Gasteiger partial charge in [-0.2, -0.15) is 0 Å². The molecule has 1 N–H and O–H groups in total. The largest absolute Gasteiger partial charge is 0.496 e. The summed E-state index contributed by atoms with van der Waals surface area (Å²) in [6.07, 6.45) is -0.260. The third-order valence-corrected chi connectivity index (χ3v) is 8.85. The second-order valence-electron chi connectivity index (χ2n) is 13.1. The summed E-state index contributed by atoms with van der Waals surface area (Å²) < 4.78 is 11.3. The van der Waals surface area contributed by atoms with Crippen molar-refractivity contribution in [2.24, 2.45) is 0 Å². The highest BCUT2D eigenvalue weighted by molar-refractivity contribution is 6.00. The molecule has 0 aliphatic carbocycles. The van der Waals surface area contributed by atoms with Crippen LogP contribution >= 0.6 is 0 Å². The Morgan fingerprint density at radius 3 is 2.30 bits per heavy atom. The highest BCUT2D eigenvalue weighted by Crippen LogP contribution is 2.40. The van der Waals surface area contributed by atoms with Crippen LogP contribution in [-0.2, 0) is 11.3 Å². The van der Waals surface area contributed by atoms with Gasteiger partial charge in [0.2, 0.25) is 0 Å². The molecule has 2 aliphatic rings. The van der Waals surface area contributed by atoms with Crippen molar-refractivity contribution >= 4 is 28.7 Å². The predicted molar refractivity (Wildman–Crippen MR) is 183 cm³/mol. The number of amides is 2. The number of carbonyl (C=O) groups excluding carboxylic acids is 2. The lowest BCUT2D eigenvalue weighted by molar-refractivity contribution is 0.0240. The van der Waals surface area contributed by atoms with Gasteiger partial charge in [-0.3, -0.25) is 4.79 Å². The molecule has 1 fully saturated rings. The molecule has 7 rings (SSSR count). The first-order valence-electron chi connectivity index (χ1n) is 16.0. The molecule has 1 atom stereocenters. The minimum Gasteiger partial charge on any atom is -0.496 e. The summed E-state index contributed by atoms with van der Waals surface area (Å²) >= 11 is 0. The van der Waals surface area contributed by atoms with Crippen LogP contribution < -0.4 is 9.64 Å². The Kier molecular flexibility index (Phi) is 7.83. The third-order valence-electron chi connectivity index (χ3n) is 8.85. The Labute approximate surface area is 274 Å². The Hall–Kier alpha value is -5.31. The first-order valence-corrected chi connectivity index (χ1v) is 16.0. The van der Waals surface area contributed by atoms with Crippen LogP contribution in [-0.4, -0.2) is 70.7 Å². The van der Waals surface area contributed by atoms with Gasteiger partial charge in [-0.1, -0.05) is 54.6 Å². The molecule has 0 spiro atoms. The van der Waals surface area contributed by atoms with Crippen molar-refractivity contribution in [3.05, 3.63) is 114 Å². The van der Waals surface area contributed by atoms with E-state index in [1.165, 1.54) is 0 Å². The van der Waals surface area contributed by atoms with Gasteiger partial charge in [-0.15, -0.1) is 0 Å². The zero-order valence-electron chi connectivity index (χ0n) is 27.2. The molecule has 0 saturated carbocycles. The second-order valence-corrected chi connectivity index (χ2v) is 13.1. The molecule has 2 amide bonds. The summed E-state index contributed by atoms with van der Waals surface area (Å²) in [6, 6.07) is 29.8. The van der Waals surface area contributed by atoms with Crippen LogP contribution in [0.4, 0.5) is 10.5 Å². The number of aromatic amines is 1. The van der Waals surface area contributed by atoms with Gasteiger partial charge in [0.25, 0.3) is 5.91 Å². The summed E-state index contributed by atoms with van der Waals surface area (Å²) in [4.78, 5) is 41.0. The minimum absolute atomic E-state index is 0.0438. The van der Waals surface area contributed by atoms with Gasteiger partial charge in [0.05, 0.1) is 18.1 Å². The quantitative estimate of drug-likeness (QED) is 0.217. The lowest BCUT2D eigenvalue weighted by Crippen LogP contribution is -2.50. The van der Waals surface area contributed by atoms with Crippen molar-refractivity contribution < 1.29 is 19.1 Å². The van der Waals surface area contributed by atoms with Crippen LogP contribution in [0.3, 0.4) is 0 Å². The van der Waals surface area contributed by atoms with Gasteiger partial charge in [0.1, 0.15) is 23.2 Å². The van der Waals surface area contributed by atoms with Gasteiger partial charge in [-0.05, 0) is 73.9 Å². The fourth-order valence-electron chi connectivity index (χ4n) is 6.51. The van der Waals surface area contributed by atoms with E-state index in [1.54, 1.807) is 12.0 Å². The number of piperazine rings is 1. The Morgan fingerprint density at radius 2 is 1.57 bits per heavy atom. The number of nitrogens with zero attached hydrogens (tertiary/aromatic N) is 4. The molecule has 240 valence electrons. The van der Waals surface area contributed by atoms with E-state index in [9.17, 15) is 9.59 Å². The highest BCUT2D eigenvalue weighted by Gasteiger charge is 2.37. The normalized spacial score (nSPS) is 15.6. The molecule has 9 heteroatoms. The van der Waals surface area contributed by atoms with Gasteiger partial charge in [0, 0.05) is 49.5 Å². The van der Waals surface area contributed by atoms with E-state index in [1.807, 2.05) is 80.3 Å². The van der Waals surface area contributed by atoms with E-state index >= 15 is 0 Å². The van der Waals surface area contributed by atoms with Gasteiger partial charge >= 0.3 is 6.09 Å². The summed E-state index contributed by atoms with van der Waals surface area (Å²) in [6.45, 7) is 8.82. The Balaban J connectivity index is 1.11. The molecule has 5 aromatic rings. The zero-order valence-corrected chi connectivity index (χ0v) is 27.2. The summed E-state index contributed by atoms with van der Waals surface area (Å²) in [5.41, 5.74) is 6.94. The molecule has 1 unspecified atom stereocenters. The van der Waals surface area contributed by atoms with Gasteiger partial charge in [-0.25, -0.2) is 9.78 Å². The number of rotatable bonds is 6. The smallest absolute Gasteiger partial charge is 0.410 e. The van der Waals surface area contributed by atoms with Crippen molar-refractivity contribution in [2.75, 3.05) is 38.2 Å². The van der Waals surface area contributed by atoms with Crippen LogP contribution in [0, 0.1) is 0 Å². The second kappa shape index (κ2) is 12.1. The van der Waals surface area contributed by atoms with Crippen LogP contribution in [0.1, 0.15) is 54.1 Å². The van der Waals surface area contributed by atoms with Crippen molar-refractivity contribution in [1.82, 2.24) is 19.8 Å². The number of imidazole rings is 1. The molecule has 0 bridgehead atoms. The van der Waals surface area contributed by atoms with Crippen molar-refractivity contribution in [2.45, 2.75) is 39.0 Å². The Bertz CT molecular complexity index is 1900. The fraction of sp³-hybridized carbons (Fsp3) is 0.289. The number of ether oxygens (including phenoxy) is 2. The molecule has 47 heavy (non-hydrogen) atoms. The maximum atomic E-state index is 14.2.